The fourth-order valence-corrected chi connectivity index (χ4v) is 2.05. The van der Waals surface area contributed by atoms with Crippen LogP contribution in [0.5, 0.6) is 5.75 Å². The normalized spacial score (nSPS) is 15.1. The lowest BCUT2D eigenvalue weighted by Gasteiger charge is -2.28. The van der Waals surface area contributed by atoms with Gasteiger partial charge in [-0.05, 0) is 17.7 Å². The molecule has 0 spiro atoms. The van der Waals surface area contributed by atoms with Crippen LogP contribution < -0.4 is 5.11 Å². The monoisotopic (exact) mass is 317 g/mol. The van der Waals surface area contributed by atoms with E-state index in [-0.39, 0.29) is 16.7 Å². The summed E-state index contributed by atoms with van der Waals surface area (Å²) in [6.45, 7) is 0. The number of carbonyl (C=O) groups excluding carboxylic acids is 4. The Morgan fingerprint density at radius 1 is 1.13 bits per heavy atom. The Morgan fingerprint density at radius 2 is 1.70 bits per heavy atom. The maximum Gasteiger partial charge on any atom is 0.337 e. The smallest absolute Gasteiger partial charge is 0.337 e. The Bertz CT molecular complexity index is 726. The number of benzene rings is 1. The molecule has 0 unspecified atom stereocenters. The first-order valence-corrected chi connectivity index (χ1v) is 6.49. The van der Waals surface area contributed by atoms with Crippen molar-refractivity contribution in [1.82, 2.24) is 9.80 Å². The van der Waals surface area contributed by atoms with Crippen LogP contribution in [-0.4, -0.2) is 54.8 Å². The van der Waals surface area contributed by atoms with E-state index in [0.717, 1.165) is 23.0 Å². The fourth-order valence-electron chi connectivity index (χ4n) is 2.05. The highest BCUT2D eigenvalue weighted by atomic mass is 16.5. The van der Waals surface area contributed by atoms with Crippen molar-refractivity contribution in [2.45, 2.75) is 0 Å². The number of nitrogens with zero attached hydrogens (tertiary/aromatic N) is 2. The summed E-state index contributed by atoms with van der Waals surface area (Å²) in [6, 6.07) is 2.98. The second-order valence-electron chi connectivity index (χ2n) is 4.82. The van der Waals surface area contributed by atoms with Crippen molar-refractivity contribution in [1.29, 1.82) is 0 Å². The second kappa shape index (κ2) is 5.91. The predicted octanol–water partition coefficient (Wildman–Crippen LogP) is -0.0194. The molecule has 0 atom stereocenters. The number of hydrogen-bond donors (Lipinski definition) is 0. The number of methoxy groups -OCH3 is 1. The summed E-state index contributed by atoms with van der Waals surface area (Å²) < 4.78 is 4.50. The summed E-state index contributed by atoms with van der Waals surface area (Å²) in [7, 11) is 3.64. The van der Waals surface area contributed by atoms with Gasteiger partial charge in [-0.3, -0.25) is 19.4 Å². The van der Waals surface area contributed by atoms with Gasteiger partial charge in [0.05, 0.1) is 12.7 Å². The molecule has 1 fully saturated rings. The first-order chi connectivity index (χ1) is 10.8. The molecule has 0 aromatic heterocycles. The molecule has 1 heterocycles. The van der Waals surface area contributed by atoms with Crippen LogP contribution in [-0.2, 0) is 14.3 Å². The molecule has 120 valence electrons. The molecule has 4 amide bonds. The summed E-state index contributed by atoms with van der Waals surface area (Å²) in [5, 5.41) is 11.6. The van der Waals surface area contributed by atoms with E-state index in [1.807, 2.05) is 0 Å². The van der Waals surface area contributed by atoms with Gasteiger partial charge in [-0.2, -0.15) is 0 Å². The van der Waals surface area contributed by atoms with Gasteiger partial charge in [0.1, 0.15) is 5.57 Å². The summed E-state index contributed by atoms with van der Waals surface area (Å²) >= 11 is 0. The van der Waals surface area contributed by atoms with Crippen LogP contribution in [0.3, 0.4) is 0 Å². The van der Waals surface area contributed by atoms with E-state index in [4.69, 9.17) is 0 Å². The molecule has 8 heteroatoms. The van der Waals surface area contributed by atoms with E-state index in [1.165, 1.54) is 32.3 Å². The minimum atomic E-state index is -0.819. The third-order valence-corrected chi connectivity index (χ3v) is 3.36. The average molecular weight is 317 g/mol. The minimum Gasteiger partial charge on any atom is -0.872 e. The SMILES string of the molecule is COC(=O)c1cc(C=C2C(=O)N(C)C(=O)N(C)C2=O)ccc1[O-]. The van der Waals surface area contributed by atoms with Crippen LogP contribution in [0.25, 0.3) is 6.08 Å². The van der Waals surface area contributed by atoms with E-state index in [0.29, 0.717) is 0 Å². The van der Waals surface area contributed by atoms with E-state index in [9.17, 15) is 24.3 Å². The number of amides is 4. The lowest BCUT2D eigenvalue weighted by atomic mass is 10.0. The fraction of sp³-hybridized carbons (Fsp3) is 0.200. The van der Waals surface area contributed by atoms with Gasteiger partial charge in [0.15, 0.2) is 0 Å². The van der Waals surface area contributed by atoms with E-state index < -0.39 is 29.6 Å². The predicted molar refractivity (Wildman–Crippen MR) is 76.1 cm³/mol. The quantitative estimate of drug-likeness (QED) is 0.431. The summed E-state index contributed by atoms with van der Waals surface area (Å²) in [4.78, 5) is 48.9. The molecular formula is C15H13N2O6-. The largest absolute Gasteiger partial charge is 0.872 e. The zero-order chi connectivity index (χ0) is 17.3. The Hall–Kier alpha value is -3.16. The Balaban J connectivity index is 2.49. The molecule has 0 N–H and O–H groups in total. The molecule has 1 aliphatic heterocycles. The number of ether oxygens (including phenoxy) is 1. The van der Waals surface area contributed by atoms with Gasteiger partial charge < -0.3 is 9.84 Å². The van der Waals surface area contributed by atoms with Gasteiger partial charge in [0.2, 0.25) is 0 Å². The van der Waals surface area contributed by atoms with Gasteiger partial charge in [0.25, 0.3) is 11.8 Å². The van der Waals surface area contributed by atoms with Crippen molar-refractivity contribution < 1.29 is 29.0 Å². The first-order valence-electron chi connectivity index (χ1n) is 6.49. The van der Waals surface area contributed by atoms with E-state index in [2.05, 4.69) is 4.74 Å². The van der Waals surface area contributed by atoms with Gasteiger partial charge >= 0.3 is 12.0 Å². The summed E-state index contributed by atoms with van der Waals surface area (Å²) in [5.74, 6) is -2.88. The molecule has 1 aromatic rings. The lowest BCUT2D eigenvalue weighted by molar-refractivity contribution is -0.268. The molecule has 2 rings (SSSR count). The van der Waals surface area contributed by atoms with Crippen molar-refractivity contribution in [2.75, 3.05) is 21.2 Å². The van der Waals surface area contributed by atoms with Crippen molar-refractivity contribution in [2.24, 2.45) is 0 Å². The van der Waals surface area contributed by atoms with Crippen LogP contribution in [0.1, 0.15) is 15.9 Å². The molecule has 0 bridgehead atoms. The highest BCUT2D eigenvalue weighted by Crippen LogP contribution is 2.21. The molecule has 1 aromatic carbocycles. The number of esters is 1. The lowest BCUT2D eigenvalue weighted by Crippen LogP contribution is -2.52. The molecule has 0 radical (unpaired) electrons. The standard InChI is InChI=1S/C15H14N2O6/c1-16-12(19)10(13(20)17(2)15(16)22)7-8-4-5-11(18)9(6-8)14(21)23-3/h4-7,18H,1-3H3/p-1. The minimum absolute atomic E-state index is 0.213. The molecule has 0 aliphatic carbocycles. The zero-order valence-electron chi connectivity index (χ0n) is 12.7. The molecule has 1 saturated heterocycles. The zero-order valence-corrected chi connectivity index (χ0v) is 12.7. The van der Waals surface area contributed by atoms with E-state index >= 15 is 0 Å². The number of imide groups is 2. The molecule has 1 aliphatic rings. The Kier molecular flexibility index (Phi) is 4.17. The second-order valence-corrected chi connectivity index (χ2v) is 4.82. The number of carbonyl (C=O) groups is 4. The highest BCUT2D eigenvalue weighted by Gasteiger charge is 2.37. The van der Waals surface area contributed by atoms with Crippen molar-refractivity contribution >= 4 is 29.9 Å². The third kappa shape index (κ3) is 2.78. The maximum atomic E-state index is 12.1. The number of likely N-dealkylation sites (N-methyl/N-ethyl adjacent to an activating group) is 2. The molecule has 0 saturated carbocycles. The van der Waals surface area contributed by atoms with E-state index in [1.54, 1.807) is 0 Å². The molecule has 23 heavy (non-hydrogen) atoms. The first kappa shape index (κ1) is 16.2. The molecule has 8 nitrogen and oxygen atoms in total. The van der Waals surface area contributed by atoms with Gasteiger partial charge in [-0.15, -0.1) is 0 Å². The maximum absolute atomic E-state index is 12.1. The Labute approximate surface area is 131 Å². The van der Waals surface area contributed by atoms with Gasteiger partial charge in [-0.1, -0.05) is 17.9 Å². The summed E-state index contributed by atoms with van der Waals surface area (Å²) in [5.41, 5.74) is -0.169. The van der Waals surface area contributed by atoms with Gasteiger partial charge in [0, 0.05) is 14.1 Å². The average Bonchev–Trinajstić information content (AvgIpc) is 2.55. The summed E-state index contributed by atoms with van der Waals surface area (Å²) in [6.07, 6.45) is 1.22. The van der Waals surface area contributed by atoms with Crippen molar-refractivity contribution in [3.63, 3.8) is 0 Å². The number of barbiturate groups is 1. The topological polar surface area (TPSA) is 107 Å². The molecular weight excluding hydrogens is 304 g/mol. The number of urea groups is 1. The van der Waals surface area contributed by atoms with Crippen molar-refractivity contribution in [3.05, 3.63) is 34.9 Å². The highest BCUT2D eigenvalue weighted by molar-refractivity contribution is 6.30. The van der Waals surface area contributed by atoms with Gasteiger partial charge in [-0.25, -0.2) is 9.59 Å². The number of hydrogen-bond acceptors (Lipinski definition) is 6. The third-order valence-electron chi connectivity index (χ3n) is 3.36. The van der Waals surface area contributed by atoms with Crippen LogP contribution in [0.15, 0.2) is 23.8 Å². The number of rotatable bonds is 2. The Morgan fingerprint density at radius 3 is 2.22 bits per heavy atom. The van der Waals surface area contributed by atoms with Crippen LogP contribution in [0.4, 0.5) is 4.79 Å². The van der Waals surface area contributed by atoms with Crippen molar-refractivity contribution in [3.8, 4) is 5.75 Å². The van der Waals surface area contributed by atoms with Crippen LogP contribution in [0, 0.1) is 0 Å². The van der Waals surface area contributed by atoms with Crippen LogP contribution in [0.2, 0.25) is 0 Å². The van der Waals surface area contributed by atoms with Crippen LogP contribution >= 0.6 is 0 Å².